The summed E-state index contributed by atoms with van der Waals surface area (Å²) in [7, 11) is 1.73. The Morgan fingerprint density at radius 2 is 1.50 bits per heavy atom. The molecular weight excluding hydrogens is 382 g/mol. The van der Waals surface area contributed by atoms with E-state index in [1.165, 1.54) is 0 Å². The van der Waals surface area contributed by atoms with E-state index < -0.39 is 0 Å². The molecule has 0 fully saturated rings. The monoisotopic (exact) mass is 413 g/mol. The maximum Gasteiger partial charge on any atom is 0.238 e. The van der Waals surface area contributed by atoms with Crippen molar-refractivity contribution in [1.29, 1.82) is 0 Å². The van der Waals surface area contributed by atoms with Crippen LogP contribution in [0.3, 0.4) is 0 Å². The van der Waals surface area contributed by atoms with Crippen LogP contribution in [0.5, 0.6) is 11.5 Å². The first-order valence-electron chi connectivity index (χ1n) is 10.2. The molecule has 0 atom stereocenters. The van der Waals surface area contributed by atoms with Crippen molar-refractivity contribution >= 4 is 23.2 Å². The summed E-state index contributed by atoms with van der Waals surface area (Å²) in [4.78, 5) is 26.5. The highest BCUT2D eigenvalue weighted by Crippen LogP contribution is 2.29. The summed E-state index contributed by atoms with van der Waals surface area (Å²) in [6, 6.07) is 13.0. The number of nitrogens with one attached hydrogen (secondary N) is 2. The second-order valence-electron chi connectivity index (χ2n) is 6.80. The Morgan fingerprint density at radius 1 is 0.867 bits per heavy atom. The van der Waals surface area contributed by atoms with E-state index in [4.69, 9.17) is 9.47 Å². The Balaban J connectivity index is 1.94. The molecule has 0 bridgehead atoms. The van der Waals surface area contributed by atoms with E-state index in [-0.39, 0.29) is 24.9 Å². The average molecular weight is 414 g/mol. The number of benzene rings is 2. The fourth-order valence-electron chi connectivity index (χ4n) is 3.02. The van der Waals surface area contributed by atoms with Gasteiger partial charge < -0.3 is 20.1 Å². The first-order chi connectivity index (χ1) is 14.5. The minimum atomic E-state index is -0.242. The number of aryl methyl sites for hydroxylation is 1. The number of nitrogens with zero attached hydrogens (tertiary/aromatic N) is 1. The van der Waals surface area contributed by atoms with Gasteiger partial charge in [0.2, 0.25) is 11.8 Å². The van der Waals surface area contributed by atoms with Gasteiger partial charge in [0, 0.05) is 11.8 Å². The molecule has 0 saturated carbocycles. The third kappa shape index (κ3) is 7.08. The lowest BCUT2D eigenvalue weighted by Crippen LogP contribution is -2.36. The first-order valence-corrected chi connectivity index (χ1v) is 10.2. The fourth-order valence-corrected chi connectivity index (χ4v) is 3.02. The zero-order valence-corrected chi connectivity index (χ0v) is 18.2. The molecule has 0 radical (unpaired) electrons. The summed E-state index contributed by atoms with van der Waals surface area (Å²) >= 11 is 0. The van der Waals surface area contributed by atoms with Crippen molar-refractivity contribution < 1.29 is 19.1 Å². The SMILES string of the molecule is CCOc1ccc(OCC)c(NC(=O)CN(C)CC(=O)Nc2ccccc2CC)c1. The number of hydrogen-bond donors (Lipinski definition) is 2. The molecule has 0 aromatic heterocycles. The van der Waals surface area contributed by atoms with Crippen LogP contribution in [0.2, 0.25) is 0 Å². The predicted octanol–water partition coefficient (Wildman–Crippen LogP) is 3.56. The van der Waals surface area contributed by atoms with E-state index in [2.05, 4.69) is 10.6 Å². The van der Waals surface area contributed by atoms with Gasteiger partial charge in [0.1, 0.15) is 11.5 Å². The van der Waals surface area contributed by atoms with E-state index in [1.807, 2.05) is 45.0 Å². The van der Waals surface area contributed by atoms with Crippen molar-refractivity contribution in [2.24, 2.45) is 0 Å². The molecule has 2 rings (SSSR count). The second-order valence-corrected chi connectivity index (χ2v) is 6.80. The molecule has 0 saturated heterocycles. The average Bonchev–Trinajstić information content (AvgIpc) is 2.70. The van der Waals surface area contributed by atoms with Crippen LogP contribution in [0, 0.1) is 0 Å². The van der Waals surface area contributed by atoms with Gasteiger partial charge in [-0.25, -0.2) is 0 Å². The van der Waals surface area contributed by atoms with Gasteiger partial charge in [-0.1, -0.05) is 25.1 Å². The molecule has 0 aliphatic carbocycles. The number of ether oxygens (including phenoxy) is 2. The molecule has 0 unspecified atom stereocenters. The Bertz CT molecular complexity index is 854. The zero-order chi connectivity index (χ0) is 21.9. The lowest BCUT2D eigenvalue weighted by molar-refractivity contribution is -0.119. The third-order valence-electron chi connectivity index (χ3n) is 4.34. The quantitative estimate of drug-likeness (QED) is 0.589. The molecule has 30 heavy (non-hydrogen) atoms. The number of para-hydroxylation sites is 1. The van der Waals surface area contributed by atoms with Gasteiger partial charge in [-0.05, 0) is 51.1 Å². The van der Waals surface area contributed by atoms with Gasteiger partial charge in [-0.2, -0.15) is 0 Å². The number of carbonyl (C=O) groups excluding carboxylic acids is 2. The van der Waals surface area contributed by atoms with Gasteiger partial charge in [0.05, 0.1) is 32.0 Å². The Kier molecular flexibility index (Phi) is 9.15. The number of carbonyl (C=O) groups is 2. The Labute approximate surface area is 178 Å². The minimum absolute atomic E-state index is 0.0628. The maximum atomic E-state index is 12.5. The molecule has 2 N–H and O–H groups in total. The van der Waals surface area contributed by atoms with Crippen LogP contribution in [0.4, 0.5) is 11.4 Å². The van der Waals surface area contributed by atoms with E-state index in [1.54, 1.807) is 30.1 Å². The fraction of sp³-hybridized carbons (Fsp3) is 0.391. The lowest BCUT2D eigenvalue weighted by Gasteiger charge is -2.18. The molecular formula is C23H31N3O4. The molecule has 0 spiro atoms. The van der Waals surface area contributed by atoms with Crippen LogP contribution in [0.1, 0.15) is 26.3 Å². The number of hydrogen-bond acceptors (Lipinski definition) is 5. The van der Waals surface area contributed by atoms with Crippen molar-refractivity contribution in [3.05, 3.63) is 48.0 Å². The third-order valence-corrected chi connectivity index (χ3v) is 4.34. The van der Waals surface area contributed by atoms with Gasteiger partial charge in [-0.3, -0.25) is 14.5 Å². The number of anilines is 2. The topological polar surface area (TPSA) is 79.9 Å². The van der Waals surface area contributed by atoms with E-state index >= 15 is 0 Å². The van der Waals surface area contributed by atoms with Crippen molar-refractivity contribution in [1.82, 2.24) is 4.90 Å². The highest BCUT2D eigenvalue weighted by Gasteiger charge is 2.14. The first kappa shape index (κ1) is 23.2. The van der Waals surface area contributed by atoms with Crippen LogP contribution >= 0.6 is 0 Å². The van der Waals surface area contributed by atoms with Crippen molar-refractivity contribution in [2.75, 3.05) is 44.0 Å². The molecule has 7 nitrogen and oxygen atoms in total. The van der Waals surface area contributed by atoms with E-state index in [0.717, 1.165) is 17.7 Å². The summed E-state index contributed by atoms with van der Waals surface area (Å²) in [5.41, 5.74) is 2.42. The van der Waals surface area contributed by atoms with Gasteiger partial charge in [-0.15, -0.1) is 0 Å². The van der Waals surface area contributed by atoms with Crippen LogP contribution in [-0.4, -0.2) is 50.1 Å². The highest BCUT2D eigenvalue weighted by atomic mass is 16.5. The highest BCUT2D eigenvalue weighted by molar-refractivity contribution is 5.95. The molecule has 0 aliphatic heterocycles. The predicted molar refractivity (Wildman–Crippen MR) is 119 cm³/mol. The van der Waals surface area contributed by atoms with Crippen LogP contribution in [-0.2, 0) is 16.0 Å². The molecule has 2 amide bonds. The summed E-state index contributed by atoms with van der Waals surface area (Å²) in [5, 5.41) is 5.76. The number of amides is 2. The standard InChI is InChI=1S/C23H31N3O4/c1-5-17-10-8-9-11-19(17)24-22(27)15-26(4)16-23(28)25-20-14-18(29-6-2)12-13-21(20)30-7-3/h8-14H,5-7,15-16H2,1-4H3,(H,24,27)(H,25,28). The zero-order valence-electron chi connectivity index (χ0n) is 18.2. The van der Waals surface area contributed by atoms with Crippen molar-refractivity contribution in [3.63, 3.8) is 0 Å². The minimum Gasteiger partial charge on any atom is -0.494 e. The van der Waals surface area contributed by atoms with Crippen LogP contribution in [0.15, 0.2) is 42.5 Å². The van der Waals surface area contributed by atoms with Gasteiger partial charge in [0.25, 0.3) is 0 Å². The summed E-state index contributed by atoms with van der Waals surface area (Å²) in [6.07, 6.45) is 0.831. The molecule has 0 heterocycles. The van der Waals surface area contributed by atoms with Crippen molar-refractivity contribution in [3.8, 4) is 11.5 Å². The molecule has 2 aromatic carbocycles. The number of likely N-dealkylation sites (N-methyl/N-ethyl adjacent to an activating group) is 1. The largest absolute Gasteiger partial charge is 0.494 e. The summed E-state index contributed by atoms with van der Waals surface area (Å²) in [6.45, 7) is 6.99. The Hall–Kier alpha value is -3.06. The van der Waals surface area contributed by atoms with Crippen LogP contribution < -0.4 is 20.1 Å². The van der Waals surface area contributed by atoms with Gasteiger partial charge in [0.15, 0.2) is 0 Å². The second kappa shape index (κ2) is 11.8. The van der Waals surface area contributed by atoms with Gasteiger partial charge >= 0.3 is 0 Å². The van der Waals surface area contributed by atoms with Crippen molar-refractivity contribution in [2.45, 2.75) is 27.2 Å². The Morgan fingerprint density at radius 3 is 2.13 bits per heavy atom. The normalized spacial score (nSPS) is 10.6. The molecule has 0 aliphatic rings. The maximum absolute atomic E-state index is 12.5. The molecule has 7 heteroatoms. The molecule has 162 valence electrons. The van der Waals surface area contributed by atoms with E-state index in [0.29, 0.717) is 30.4 Å². The number of rotatable bonds is 11. The lowest BCUT2D eigenvalue weighted by atomic mass is 10.1. The van der Waals surface area contributed by atoms with E-state index in [9.17, 15) is 9.59 Å². The summed E-state index contributed by atoms with van der Waals surface area (Å²) in [5.74, 6) is 0.817. The summed E-state index contributed by atoms with van der Waals surface area (Å²) < 4.78 is 11.1. The van der Waals surface area contributed by atoms with Crippen LogP contribution in [0.25, 0.3) is 0 Å². The smallest absolute Gasteiger partial charge is 0.238 e. The molecule has 2 aromatic rings.